The van der Waals surface area contributed by atoms with Gasteiger partial charge in [-0.2, -0.15) is 0 Å². The zero-order valence-corrected chi connectivity index (χ0v) is 16.2. The van der Waals surface area contributed by atoms with Gasteiger partial charge in [0.1, 0.15) is 5.75 Å². The van der Waals surface area contributed by atoms with Gasteiger partial charge in [0.2, 0.25) is 0 Å². The van der Waals surface area contributed by atoms with Gasteiger partial charge in [-0.3, -0.25) is 9.59 Å². The zero-order valence-electron chi connectivity index (χ0n) is 16.2. The number of fused-ring (bicyclic) bond motifs is 2. The van der Waals surface area contributed by atoms with Crippen LogP contribution in [0.3, 0.4) is 0 Å². The second kappa shape index (κ2) is 6.97. The van der Waals surface area contributed by atoms with Crippen molar-refractivity contribution in [2.24, 2.45) is 5.41 Å². The number of benzene rings is 2. The van der Waals surface area contributed by atoms with Crippen LogP contribution in [0.15, 0.2) is 48.5 Å². The summed E-state index contributed by atoms with van der Waals surface area (Å²) < 4.78 is 5.30. The van der Waals surface area contributed by atoms with E-state index in [1.54, 1.807) is 7.11 Å². The van der Waals surface area contributed by atoms with E-state index in [0.717, 1.165) is 29.7 Å². The van der Waals surface area contributed by atoms with E-state index in [0.29, 0.717) is 18.4 Å². The van der Waals surface area contributed by atoms with Crippen molar-refractivity contribution < 1.29 is 19.4 Å². The van der Waals surface area contributed by atoms with Crippen molar-refractivity contribution >= 4 is 11.9 Å². The van der Waals surface area contributed by atoms with Gasteiger partial charge in [0, 0.05) is 17.6 Å². The third-order valence-corrected chi connectivity index (χ3v) is 6.54. The molecule has 1 N–H and O–H groups in total. The summed E-state index contributed by atoms with van der Waals surface area (Å²) in [7, 11) is 1.63. The van der Waals surface area contributed by atoms with Crippen LogP contribution in [0.5, 0.6) is 5.75 Å². The van der Waals surface area contributed by atoms with Crippen molar-refractivity contribution in [1.82, 2.24) is 4.90 Å². The number of carboxylic acid groups (broad SMARTS) is 1. The molecular weight excluding hydrogens is 354 g/mol. The van der Waals surface area contributed by atoms with Gasteiger partial charge in [-0.25, -0.2) is 0 Å². The highest BCUT2D eigenvalue weighted by molar-refractivity contribution is 5.97. The fraction of sp³-hybridized carbons (Fsp3) is 0.391. The Bertz CT molecular complexity index is 924. The molecule has 2 aliphatic heterocycles. The first kappa shape index (κ1) is 18.5. The summed E-state index contributed by atoms with van der Waals surface area (Å²) >= 11 is 0. The standard InChI is InChI=1S/C23H25NO4/c1-3-23(22(26)27)14-18-10-11-20(23)24(18)21(25)17-8-4-6-15(12-17)16-7-5-9-19(13-16)28-2/h4-9,12-13,18,20H,3,10-11,14H2,1-2H3,(H,26,27)/t18-,20+,23+/m0/s1. The molecule has 0 radical (unpaired) electrons. The average Bonchev–Trinajstić information content (AvgIpc) is 3.29. The first-order chi connectivity index (χ1) is 13.5. The lowest BCUT2D eigenvalue weighted by Gasteiger charge is -2.32. The molecule has 2 heterocycles. The van der Waals surface area contributed by atoms with Crippen LogP contribution < -0.4 is 4.74 Å². The molecule has 0 spiro atoms. The smallest absolute Gasteiger partial charge is 0.311 e. The monoisotopic (exact) mass is 379 g/mol. The van der Waals surface area contributed by atoms with Crippen LogP contribution >= 0.6 is 0 Å². The van der Waals surface area contributed by atoms with Crippen LogP contribution in [-0.2, 0) is 4.79 Å². The highest BCUT2D eigenvalue weighted by atomic mass is 16.5. The van der Waals surface area contributed by atoms with Crippen LogP contribution in [0.25, 0.3) is 11.1 Å². The maximum absolute atomic E-state index is 13.3. The molecule has 1 amide bonds. The van der Waals surface area contributed by atoms with E-state index in [2.05, 4.69) is 0 Å². The maximum atomic E-state index is 13.3. The molecule has 2 bridgehead atoms. The van der Waals surface area contributed by atoms with Gasteiger partial charge < -0.3 is 14.7 Å². The average molecular weight is 379 g/mol. The summed E-state index contributed by atoms with van der Waals surface area (Å²) in [5.41, 5.74) is 1.72. The third kappa shape index (κ3) is 2.77. The summed E-state index contributed by atoms with van der Waals surface area (Å²) in [5, 5.41) is 9.85. The number of methoxy groups -OCH3 is 1. The molecule has 0 saturated carbocycles. The number of carboxylic acids is 1. The summed E-state index contributed by atoms with van der Waals surface area (Å²) in [5.74, 6) is -0.0695. The summed E-state index contributed by atoms with van der Waals surface area (Å²) in [4.78, 5) is 27.2. The van der Waals surface area contributed by atoms with Crippen molar-refractivity contribution in [3.05, 3.63) is 54.1 Å². The van der Waals surface area contributed by atoms with Crippen molar-refractivity contribution in [1.29, 1.82) is 0 Å². The minimum absolute atomic E-state index is 0.0222. The van der Waals surface area contributed by atoms with E-state index in [-0.39, 0.29) is 18.0 Å². The molecule has 146 valence electrons. The lowest BCUT2D eigenvalue weighted by Crippen LogP contribution is -2.44. The van der Waals surface area contributed by atoms with Crippen molar-refractivity contribution in [3.8, 4) is 16.9 Å². The number of rotatable bonds is 5. The van der Waals surface area contributed by atoms with Crippen LogP contribution in [-0.4, -0.2) is 41.1 Å². The Labute approximate surface area is 164 Å². The molecule has 5 heteroatoms. The van der Waals surface area contributed by atoms with E-state index >= 15 is 0 Å². The first-order valence-corrected chi connectivity index (χ1v) is 9.80. The highest BCUT2D eigenvalue weighted by Gasteiger charge is 2.60. The van der Waals surface area contributed by atoms with Gasteiger partial charge in [-0.05, 0) is 61.1 Å². The van der Waals surface area contributed by atoms with Gasteiger partial charge in [-0.1, -0.05) is 31.2 Å². The Hall–Kier alpha value is -2.82. The van der Waals surface area contributed by atoms with Gasteiger partial charge >= 0.3 is 5.97 Å². The fourth-order valence-corrected chi connectivity index (χ4v) is 5.03. The normalized spacial score (nSPS) is 25.7. The van der Waals surface area contributed by atoms with Gasteiger partial charge in [-0.15, -0.1) is 0 Å². The Morgan fingerprint density at radius 2 is 1.86 bits per heavy atom. The number of nitrogens with zero attached hydrogens (tertiary/aromatic N) is 1. The molecule has 4 rings (SSSR count). The number of carbonyl (C=O) groups excluding carboxylic acids is 1. The SMILES string of the molecule is CC[C@@]1(C(=O)O)C[C@@H]2CC[C@H]1N2C(=O)c1cccc(-c2cccc(OC)c2)c1. The van der Waals surface area contributed by atoms with Gasteiger partial charge in [0.05, 0.1) is 12.5 Å². The predicted octanol–water partition coefficient (Wildman–Crippen LogP) is 4.22. The lowest BCUT2D eigenvalue weighted by molar-refractivity contribution is -0.151. The zero-order chi connectivity index (χ0) is 19.9. The van der Waals surface area contributed by atoms with E-state index in [4.69, 9.17) is 4.74 Å². The summed E-state index contributed by atoms with van der Waals surface area (Å²) in [6, 6.07) is 15.1. The number of amides is 1. The van der Waals surface area contributed by atoms with Crippen molar-refractivity contribution in [2.45, 2.75) is 44.7 Å². The Morgan fingerprint density at radius 1 is 1.14 bits per heavy atom. The Kier molecular flexibility index (Phi) is 4.61. The summed E-state index contributed by atoms with van der Waals surface area (Å²) in [6.45, 7) is 1.92. The van der Waals surface area contributed by atoms with E-state index in [1.807, 2.05) is 60.4 Å². The number of aliphatic carboxylic acids is 1. The van der Waals surface area contributed by atoms with E-state index in [1.165, 1.54) is 0 Å². The second-order valence-electron chi connectivity index (χ2n) is 7.79. The molecule has 5 nitrogen and oxygen atoms in total. The van der Waals surface area contributed by atoms with Crippen LogP contribution in [0.4, 0.5) is 0 Å². The maximum Gasteiger partial charge on any atom is 0.311 e. The van der Waals surface area contributed by atoms with Crippen LogP contribution in [0.1, 0.15) is 43.0 Å². The number of hydrogen-bond acceptors (Lipinski definition) is 3. The predicted molar refractivity (Wildman–Crippen MR) is 106 cm³/mol. The Morgan fingerprint density at radius 3 is 2.50 bits per heavy atom. The third-order valence-electron chi connectivity index (χ3n) is 6.54. The lowest BCUT2D eigenvalue weighted by atomic mass is 9.72. The Balaban J connectivity index is 1.65. The minimum Gasteiger partial charge on any atom is -0.497 e. The molecular formula is C23H25NO4. The molecule has 2 aromatic carbocycles. The topological polar surface area (TPSA) is 66.8 Å². The molecule has 2 aromatic rings. The highest BCUT2D eigenvalue weighted by Crippen LogP contribution is 2.52. The van der Waals surface area contributed by atoms with Crippen molar-refractivity contribution in [2.75, 3.05) is 7.11 Å². The molecule has 2 saturated heterocycles. The minimum atomic E-state index is -0.803. The molecule has 0 aromatic heterocycles. The summed E-state index contributed by atoms with van der Waals surface area (Å²) in [6.07, 6.45) is 2.77. The van der Waals surface area contributed by atoms with Crippen LogP contribution in [0, 0.1) is 5.41 Å². The molecule has 2 fully saturated rings. The molecule has 2 aliphatic rings. The molecule has 3 atom stereocenters. The van der Waals surface area contributed by atoms with Gasteiger partial charge in [0.25, 0.3) is 5.91 Å². The largest absolute Gasteiger partial charge is 0.497 e. The van der Waals surface area contributed by atoms with Crippen molar-refractivity contribution in [3.63, 3.8) is 0 Å². The second-order valence-corrected chi connectivity index (χ2v) is 7.79. The van der Waals surface area contributed by atoms with Crippen LogP contribution in [0.2, 0.25) is 0 Å². The molecule has 0 unspecified atom stereocenters. The number of ether oxygens (including phenoxy) is 1. The molecule has 0 aliphatic carbocycles. The number of hydrogen-bond donors (Lipinski definition) is 1. The first-order valence-electron chi connectivity index (χ1n) is 9.80. The number of carbonyl (C=O) groups is 2. The quantitative estimate of drug-likeness (QED) is 0.845. The fourth-order valence-electron chi connectivity index (χ4n) is 5.03. The molecule has 28 heavy (non-hydrogen) atoms. The van der Waals surface area contributed by atoms with Gasteiger partial charge in [0.15, 0.2) is 0 Å². The van der Waals surface area contributed by atoms with E-state index < -0.39 is 11.4 Å². The van der Waals surface area contributed by atoms with E-state index in [9.17, 15) is 14.7 Å².